The SMILES string of the molecule is COc1cc(CNC(=O)COC(=O)[C@@H](C)Oc2cccc(C)c2)cc(OC)c1OC. The minimum absolute atomic E-state index is 0.197. The molecular weight excluding hydrogens is 390 g/mol. The average molecular weight is 417 g/mol. The Kier molecular flexibility index (Phi) is 8.34. The van der Waals surface area contributed by atoms with Gasteiger partial charge in [0.25, 0.3) is 5.91 Å². The first kappa shape index (κ1) is 22.9. The molecule has 162 valence electrons. The van der Waals surface area contributed by atoms with Gasteiger partial charge in [-0.15, -0.1) is 0 Å². The van der Waals surface area contributed by atoms with E-state index in [4.69, 9.17) is 23.7 Å². The topological polar surface area (TPSA) is 92.3 Å². The maximum atomic E-state index is 12.1. The second kappa shape index (κ2) is 10.9. The van der Waals surface area contributed by atoms with Gasteiger partial charge in [0.05, 0.1) is 21.3 Å². The number of carbonyl (C=O) groups is 2. The molecule has 2 rings (SSSR count). The van der Waals surface area contributed by atoms with Crippen molar-refractivity contribution in [1.82, 2.24) is 5.32 Å². The van der Waals surface area contributed by atoms with Crippen molar-refractivity contribution in [2.45, 2.75) is 26.5 Å². The van der Waals surface area contributed by atoms with E-state index in [1.54, 1.807) is 25.1 Å². The van der Waals surface area contributed by atoms with Crippen LogP contribution in [0.1, 0.15) is 18.1 Å². The zero-order chi connectivity index (χ0) is 22.1. The van der Waals surface area contributed by atoms with Crippen LogP contribution in [0.25, 0.3) is 0 Å². The Morgan fingerprint density at radius 1 is 1.00 bits per heavy atom. The molecule has 0 aliphatic carbocycles. The van der Waals surface area contributed by atoms with Gasteiger partial charge in [-0.1, -0.05) is 12.1 Å². The highest BCUT2D eigenvalue weighted by atomic mass is 16.6. The van der Waals surface area contributed by atoms with Crippen molar-refractivity contribution < 1.29 is 33.3 Å². The van der Waals surface area contributed by atoms with Gasteiger partial charge in [0.2, 0.25) is 5.75 Å². The molecule has 0 saturated heterocycles. The molecule has 2 aromatic rings. The van der Waals surface area contributed by atoms with Gasteiger partial charge < -0.3 is 29.0 Å². The molecule has 8 nitrogen and oxygen atoms in total. The number of carbonyl (C=O) groups excluding carboxylic acids is 2. The number of hydrogen-bond acceptors (Lipinski definition) is 7. The molecule has 0 spiro atoms. The number of benzene rings is 2. The Morgan fingerprint density at radius 2 is 1.67 bits per heavy atom. The fraction of sp³-hybridized carbons (Fsp3) is 0.364. The van der Waals surface area contributed by atoms with Crippen molar-refractivity contribution in [2.75, 3.05) is 27.9 Å². The van der Waals surface area contributed by atoms with Gasteiger partial charge >= 0.3 is 5.97 Å². The van der Waals surface area contributed by atoms with Crippen molar-refractivity contribution in [3.63, 3.8) is 0 Å². The number of methoxy groups -OCH3 is 3. The van der Waals surface area contributed by atoms with E-state index in [-0.39, 0.29) is 6.54 Å². The molecule has 0 unspecified atom stereocenters. The van der Waals surface area contributed by atoms with E-state index in [1.165, 1.54) is 21.3 Å². The van der Waals surface area contributed by atoms with Crippen molar-refractivity contribution >= 4 is 11.9 Å². The summed E-state index contributed by atoms with van der Waals surface area (Å²) in [5, 5.41) is 2.68. The minimum Gasteiger partial charge on any atom is -0.493 e. The summed E-state index contributed by atoms with van der Waals surface area (Å²) in [5.74, 6) is 0.918. The molecule has 2 aromatic carbocycles. The molecule has 30 heavy (non-hydrogen) atoms. The maximum absolute atomic E-state index is 12.1. The number of amides is 1. The zero-order valence-electron chi connectivity index (χ0n) is 17.8. The van der Waals surface area contributed by atoms with Crippen LogP contribution in [0.5, 0.6) is 23.0 Å². The van der Waals surface area contributed by atoms with Gasteiger partial charge in [0, 0.05) is 6.54 Å². The van der Waals surface area contributed by atoms with Gasteiger partial charge in [-0.3, -0.25) is 4.79 Å². The Morgan fingerprint density at radius 3 is 2.23 bits per heavy atom. The van der Waals surface area contributed by atoms with Gasteiger partial charge in [-0.05, 0) is 49.2 Å². The highest BCUT2D eigenvalue weighted by Gasteiger charge is 2.18. The van der Waals surface area contributed by atoms with Gasteiger partial charge in [-0.2, -0.15) is 0 Å². The lowest BCUT2D eigenvalue weighted by atomic mass is 10.1. The summed E-state index contributed by atoms with van der Waals surface area (Å²) in [6.07, 6.45) is -0.838. The summed E-state index contributed by atoms with van der Waals surface area (Å²) in [7, 11) is 4.54. The van der Waals surface area contributed by atoms with E-state index in [9.17, 15) is 9.59 Å². The first-order chi connectivity index (χ1) is 14.4. The highest BCUT2D eigenvalue weighted by molar-refractivity contribution is 5.82. The van der Waals surface area contributed by atoms with E-state index < -0.39 is 24.6 Å². The molecule has 0 aromatic heterocycles. The predicted molar refractivity (Wildman–Crippen MR) is 110 cm³/mol. The number of rotatable bonds is 10. The van der Waals surface area contributed by atoms with Crippen LogP contribution in [0.3, 0.4) is 0 Å². The second-order valence-electron chi connectivity index (χ2n) is 6.49. The molecule has 0 fully saturated rings. The summed E-state index contributed by atoms with van der Waals surface area (Å²) < 4.78 is 26.4. The van der Waals surface area contributed by atoms with Crippen molar-refractivity contribution in [1.29, 1.82) is 0 Å². The summed E-state index contributed by atoms with van der Waals surface area (Å²) in [5.41, 5.74) is 1.75. The summed E-state index contributed by atoms with van der Waals surface area (Å²) in [6, 6.07) is 10.8. The largest absolute Gasteiger partial charge is 0.493 e. The van der Waals surface area contributed by atoms with Crippen molar-refractivity contribution in [2.24, 2.45) is 0 Å². The minimum atomic E-state index is -0.838. The highest BCUT2D eigenvalue weighted by Crippen LogP contribution is 2.38. The molecule has 1 atom stereocenters. The van der Waals surface area contributed by atoms with Crippen molar-refractivity contribution in [3.05, 3.63) is 47.5 Å². The van der Waals surface area contributed by atoms with Gasteiger partial charge in [0.1, 0.15) is 5.75 Å². The van der Waals surface area contributed by atoms with Crippen LogP contribution in [0, 0.1) is 6.92 Å². The van der Waals surface area contributed by atoms with Crippen molar-refractivity contribution in [3.8, 4) is 23.0 Å². The van der Waals surface area contributed by atoms with Crippen LogP contribution in [0.15, 0.2) is 36.4 Å². The third-order valence-electron chi connectivity index (χ3n) is 4.19. The molecule has 0 radical (unpaired) electrons. The van der Waals surface area contributed by atoms with E-state index in [0.717, 1.165) is 11.1 Å². The number of nitrogens with one attached hydrogen (secondary N) is 1. The quantitative estimate of drug-likeness (QED) is 0.594. The Bertz CT molecular complexity index is 857. The normalized spacial score (nSPS) is 11.2. The predicted octanol–water partition coefficient (Wildman–Crippen LogP) is 2.65. The lowest BCUT2D eigenvalue weighted by Gasteiger charge is -2.15. The van der Waals surface area contributed by atoms with E-state index in [0.29, 0.717) is 23.0 Å². The lowest BCUT2D eigenvalue weighted by Crippen LogP contribution is -2.32. The molecule has 0 aliphatic rings. The Hall–Kier alpha value is -3.42. The molecule has 0 aliphatic heterocycles. The molecule has 1 amide bonds. The fourth-order valence-corrected chi connectivity index (χ4v) is 2.68. The Labute approximate surface area is 176 Å². The average Bonchev–Trinajstić information content (AvgIpc) is 2.74. The number of aryl methyl sites for hydroxylation is 1. The molecule has 8 heteroatoms. The number of ether oxygens (including phenoxy) is 5. The maximum Gasteiger partial charge on any atom is 0.347 e. The zero-order valence-corrected chi connectivity index (χ0v) is 17.8. The van der Waals surface area contributed by atoms with Crippen LogP contribution < -0.4 is 24.3 Å². The van der Waals surface area contributed by atoms with Crippen LogP contribution in [-0.2, 0) is 20.9 Å². The van der Waals surface area contributed by atoms with E-state index >= 15 is 0 Å². The summed E-state index contributed by atoms with van der Waals surface area (Å²) in [4.78, 5) is 24.1. The number of esters is 1. The van der Waals surface area contributed by atoms with Gasteiger partial charge in [0.15, 0.2) is 24.2 Å². The fourth-order valence-electron chi connectivity index (χ4n) is 2.68. The van der Waals surface area contributed by atoms with E-state index in [1.807, 2.05) is 25.1 Å². The standard InChI is InChI=1S/C22H27NO7/c1-14-7-6-8-17(9-14)30-15(2)22(25)29-13-20(24)23-12-16-10-18(26-3)21(28-5)19(11-16)27-4/h6-11,15H,12-13H2,1-5H3,(H,23,24)/t15-/m1/s1. The lowest BCUT2D eigenvalue weighted by molar-refractivity contribution is -0.154. The molecule has 0 saturated carbocycles. The van der Waals surface area contributed by atoms with Crippen LogP contribution >= 0.6 is 0 Å². The third kappa shape index (κ3) is 6.30. The second-order valence-corrected chi connectivity index (χ2v) is 6.49. The molecule has 0 bridgehead atoms. The first-order valence-corrected chi connectivity index (χ1v) is 9.33. The molecule has 1 N–H and O–H groups in total. The summed E-state index contributed by atoms with van der Waals surface area (Å²) >= 11 is 0. The molecular formula is C22H27NO7. The smallest absolute Gasteiger partial charge is 0.347 e. The third-order valence-corrected chi connectivity index (χ3v) is 4.19. The van der Waals surface area contributed by atoms with Crippen LogP contribution in [0.4, 0.5) is 0 Å². The van der Waals surface area contributed by atoms with Crippen LogP contribution in [-0.4, -0.2) is 45.9 Å². The monoisotopic (exact) mass is 417 g/mol. The first-order valence-electron chi connectivity index (χ1n) is 9.33. The summed E-state index contributed by atoms with van der Waals surface area (Å²) in [6.45, 7) is 3.28. The van der Waals surface area contributed by atoms with Gasteiger partial charge in [-0.25, -0.2) is 4.79 Å². The molecule has 0 heterocycles. The number of hydrogen-bond donors (Lipinski definition) is 1. The van der Waals surface area contributed by atoms with Crippen LogP contribution in [0.2, 0.25) is 0 Å². The van der Waals surface area contributed by atoms with E-state index in [2.05, 4.69) is 5.32 Å². The Balaban J connectivity index is 1.85.